The summed E-state index contributed by atoms with van der Waals surface area (Å²) < 4.78 is 6.66. The second kappa shape index (κ2) is 6.33. The third-order valence-electron chi connectivity index (χ3n) is 2.98. The molecule has 0 fully saturated rings. The Hall–Kier alpha value is -1.78. The lowest BCUT2D eigenvalue weighted by Gasteiger charge is -2.03. The number of aromatic nitrogens is 1. The van der Waals surface area contributed by atoms with Gasteiger partial charge in [-0.05, 0) is 43.3 Å². The minimum Gasteiger partial charge on any atom is -0.494 e. The zero-order valence-corrected chi connectivity index (χ0v) is 13.2. The van der Waals surface area contributed by atoms with Gasteiger partial charge >= 0.3 is 0 Å². The molecule has 0 unspecified atom stereocenters. The van der Waals surface area contributed by atoms with Crippen LogP contribution in [-0.4, -0.2) is 11.6 Å². The molecule has 0 aliphatic carbocycles. The molecule has 0 saturated carbocycles. The van der Waals surface area contributed by atoms with E-state index in [-0.39, 0.29) is 0 Å². The lowest BCUT2D eigenvalue weighted by atomic mass is 10.3. The molecule has 1 heterocycles. The highest BCUT2D eigenvalue weighted by molar-refractivity contribution is 7.18. The van der Waals surface area contributed by atoms with E-state index in [1.807, 2.05) is 49.4 Å². The Morgan fingerprint density at radius 3 is 2.95 bits per heavy atom. The van der Waals surface area contributed by atoms with Gasteiger partial charge in [0.25, 0.3) is 0 Å². The molecule has 0 atom stereocenters. The molecule has 3 rings (SSSR count). The first kappa shape index (κ1) is 14.2. The summed E-state index contributed by atoms with van der Waals surface area (Å²) in [5.74, 6) is 0.892. The Labute approximate surface area is 132 Å². The van der Waals surface area contributed by atoms with Gasteiger partial charge in [0.2, 0.25) is 0 Å². The van der Waals surface area contributed by atoms with Crippen molar-refractivity contribution in [1.29, 1.82) is 0 Å². The Kier molecular flexibility index (Phi) is 4.27. The molecule has 21 heavy (non-hydrogen) atoms. The number of hydrogen-bond donors (Lipinski definition) is 1. The average Bonchev–Trinajstić information content (AvgIpc) is 2.88. The number of halogens is 1. The molecule has 0 bridgehead atoms. The molecule has 108 valence electrons. The van der Waals surface area contributed by atoms with Crippen LogP contribution < -0.4 is 10.1 Å². The molecule has 1 N–H and O–H groups in total. The van der Waals surface area contributed by atoms with E-state index in [1.54, 1.807) is 11.3 Å². The third-order valence-corrected chi connectivity index (χ3v) is 4.24. The quantitative estimate of drug-likeness (QED) is 0.722. The predicted molar refractivity (Wildman–Crippen MR) is 89.6 cm³/mol. The Morgan fingerprint density at radius 2 is 2.14 bits per heavy atom. The van der Waals surface area contributed by atoms with Crippen molar-refractivity contribution in [3.05, 3.63) is 52.5 Å². The van der Waals surface area contributed by atoms with E-state index in [4.69, 9.17) is 16.3 Å². The summed E-state index contributed by atoms with van der Waals surface area (Å²) >= 11 is 7.65. The standard InChI is InChI=1S/C16H15ClN2OS/c1-2-20-13-6-7-14-15(9-13)21-16(19-14)10-18-12-5-3-4-11(17)8-12/h3-9,18H,2,10H2,1H3. The summed E-state index contributed by atoms with van der Waals surface area (Å²) in [6.45, 7) is 3.34. The maximum atomic E-state index is 5.97. The van der Waals surface area contributed by atoms with Crippen molar-refractivity contribution in [2.24, 2.45) is 0 Å². The molecular formula is C16H15ClN2OS. The lowest BCUT2D eigenvalue weighted by molar-refractivity contribution is 0.341. The number of benzene rings is 2. The smallest absolute Gasteiger partial charge is 0.120 e. The number of ether oxygens (including phenoxy) is 1. The van der Waals surface area contributed by atoms with Gasteiger partial charge in [-0.2, -0.15) is 0 Å². The van der Waals surface area contributed by atoms with E-state index in [9.17, 15) is 0 Å². The number of nitrogens with one attached hydrogen (secondary N) is 1. The summed E-state index contributed by atoms with van der Waals surface area (Å²) in [5, 5.41) is 5.10. The fourth-order valence-electron chi connectivity index (χ4n) is 2.06. The normalized spacial score (nSPS) is 10.8. The number of rotatable bonds is 5. The van der Waals surface area contributed by atoms with Gasteiger partial charge in [0, 0.05) is 10.7 Å². The van der Waals surface area contributed by atoms with Gasteiger partial charge in [-0.1, -0.05) is 17.7 Å². The molecule has 0 spiro atoms. The molecule has 0 aliphatic rings. The van der Waals surface area contributed by atoms with Crippen LogP contribution in [-0.2, 0) is 6.54 Å². The monoisotopic (exact) mass is 318 g/mol. The average molecular weight is 319 g/mol. The number of thiazole rings is 1. The minimum atomic E-state index is 0.674. The van der Waals surface area contributed by atoms with Crippen LogP contribution in [0.2, 0.25) is 5.02 Å². The minimum absolute atomic E-state index is 0.674. The van der Waals surface area contributed by atoms with Crippen LogP contribution in [0, 0.1) is 0 Å². The van der Waals surface area contributed by atoms with Gasteiger partial charge in [0.1, 0.15) is 10.8 Å². The van der Waals surface area contributed by atoms with E-state index in [0.29, 0.717) is 13.2 Å². The van der Waals surface area contributed by atoms with Crippen LogP contribution in [0.25, 0.3) is 10.2 Å². The maximum Gasteiger partial charge on any atom is 0.120 e. The van der Waals surface area contributed by atoms with E-state index in [1.165, 1.54) is 0 Å². The van der Waals surface area contributed by atoms with Gasteiger partial charge in [-0.15, -0.1) is 11.3 Å². The van der Waals surface area contributed by atoms with Crippen LogP contribution in [0.15, 0.2) is 42.5 Å². The zero-order chi connectivity index (χ0) is 14.7. The maximum absolute atomic E-state index is 5.97. The highest BCUT2D eigenvalue weighted by Gasteiger charge is 2.05. The Balaban J connectivity index is 1.75. The van der Waals surface area contributed by atoms with Crippen molar-refractivity contribution < 1.29 is 4.74 Å². The van der Waals surface area contributed by atoms with E-state index in [0.717, 1.165) is 31.7 Å². The predicted octanol–water partition coefficient (Wildman–Crippen LogP) is 4.96. The third kappa shape index (κ3) is 3.46. The van der Waals surface area contributed by atoms with E-state index >= 15 is 0 Å². The molecule has 3 aromatic rings. The number of anilines is 1. The summed E-state index contributed by atoms with van der Waals surface area (Å²) in [6.07, 6.45) is 0. The summed E-state index contributed by atoms with van der Waals surface area (Å²) in [4.78, 5) is 4.62. The number of fused-ring (bicyclic) bond motifs is 1. The molecule has 1 aromatic heterocycles. The highest BCUT2D eigenvalue weighted by Crippen LogP contribution is 2.27. The van der Waals surface area contributed by atoms with Gasteiger partial charge < -0.3 is 10.1 Å². The van der Waals surface area contributed by atoms with Crippen molar-refractivity contribution in [3.63, 3.8) is 0 Å². The second-order valence-corrected chi connectivity index (χ2v) is 6.09. The Bertz CT molecular complexity index is 757. The van der Waals surface area contributed by atoms with Gasteiger partial charge in [0.05, 0.1) is 23.4 Å². The molecule has 0 saturated heterocycles. The summed E-state index contributed by atoms with van der Waals surface area (Å²) in [5.41, 5.74) is 2.00. The molecule has 0 radical (unpaired) electrons. The number of hydrogen-bond acceptors (Lipinski definition) is 4. The first-order valence-electron chi connectivity index (χ1n) is 6.76. The van der Waals surface area contributed by atoms with Gasteiger partial charge in [-0.3, -0.25) is 0 Å². The van der Waals surface area contributed by atoms with Crippen molar-refractivity contribution in [3.8, 4) is 5.75 Å². The van der Waals surface area contributed by atoms with E-state index < -0.39 is 0 Å². The highest BCUT2D eigenvalue weighted by atomic mass is 35.5. The Morgan fingerprint density at radius 1 is 1.24 bits per heavy atom. The number of nitrogens with zero attached hydrogens (tertiary/aromatic N) is 1. The first-order valence-corrected chi connectivity index (χ1v) is 7.96. The molecule has 5 heteroatoms. The molecule has 3 nitrogen and oxygen atoms in total. The molecule has 0 aliphatic heterocycles. The van der Waals surface area contributed by atoms with Gasteiger partial charge in [0.15, 0.2) is 0 Å². The van der Waals surface area contributed by atoms with Crippen molar-refractivity contribution in [2.75, 3.05) is 11.9 Å². The van der Waals surface area contributed by atoms with Crippen molar-refractivity contribution in [1.82, 2.24) is 4.98 Å². The molecular weight excluding hydrogens is 304 g/mol. The van der Waals surface area contributed by atoms with Crippen molar-refractivity contribution >= 4 is 38.8 Å². The van der Waals surface area contributed by atoms with Crippen LogP contribution in [0.4, 0.5) is 5.69 Å². The second-order valence-electron chi connectivity index (χ2n) is 4.53. The van der Waals surface area contributed by atoms with Crippen LogP contribution >= 0.6 is 22.9 Å². The lowest BCUT2D eigenvalue weighted by Crippen LogP contribution is -1.98. The van der Waals surface area contributed by atoms with Crippen LogP contribution in [0.5, 0.6) is 5.75 Å². The summed E-state index contributed by atoms with van der Waals surface area (Å²) in [7, 11) is 0. The van der Waals surface area contributed by atoms with Gasteiger partial charge in [-0.25, -0.2) is 4.98 Å². The topological polar surface area (TPSA) is 34.1 Å². The largest absolute Gasteiger partial charge is 0.494 e. The summed E-state index contributed by atoms with van der Waals surface area (Å²) in [6, 6.07) is 13.7. The molecule has 0 amide bonds. The van der Waals surface area contributed by atoms with Crippen LogP contribution in [0.3, 0.4) is 0 Å². The fourth-order valence-corrected chi connectivity index (χ4v) is 3.19. The SMILES string of the molecule is CCOc1ccc2nc(CNc3cccc(Cl)c3)sc2c1. The fraction of sp³-hybridized carbons (Fsp3) is 0.188. The zero-order valence-electron chi connectivity index (χ0n) is 11.6. The molecule has 2 aromatic carbocycles. The van der Waals surface area contributed by atoms with Crippen LogP contribution in [0.1, 0.15) is 11.9 Å². The first-order chi connectivity index (χ1) is 10.2. The van der Waals surface area contributed by atoms with Crippen molar-refractivity contribution in [2.45, 2.75) is 13.5 Å². The van der Waals surface area contributed by atoms with E-state index in [2.05, 4.69) is 10.3 Å².